The Morgan fingerprint density at radius 1 is 0.900 bits per heavy atom. The number of alkyl carbamates (subject to hydrolysis) is 1. The summed E-state index contributed by atoms with van der Waals surface area (Å²) in [5.41, 5.74) is 0.679. The molecule has 0 atom stereocenters. The molecule has 0 aliphatic carbocycles. The minimum atomic E-state index is -0.568. The van der Waals surface area contributed by atoms with Crippen molar-refractivity contribution in [3.05, 3.63) is 29.8 Å². The minimum absolute atomic E-state index is 0.0458. The van der Waals surface area contributed by atoms with Gasteiger partial charge in [0.25, 0.3) is 5.91 Å². The molecule has 0 aliphatic heterocycles. The number of carbonyl (C=O) groups is 3. The fourth-order valence-corrected chi connectivity index (χ4v) is 2.47. The minimum Gasteiger partial charge on any atom is -0.484 e. The van der Waals surface area contributed by atoms with Crippen molar-refractivity contribution >= 4 is 17.9 Å². The van der Waals surface area contributed by atoms with Crippen LogP contribution >= 0.6 is 0 Å². The van der Waals surface area contributed by atoms with E-state index in [2.05, 4.69) is 22.9 Å². The maximum Gasteiger partial charge on any atom is 0.407 e. The van der Waals surface area contributed by atoms with Crippen molar-refractivity contribution in [1.82, 2.24) is 16.0 Å². The maximum atomic E-state index is 11.8. The molecule has 168 valence electrons. The van der Waals surface area contributed by atoms with Gasteiger partial charge in [0.1, 0.15) is 11.4 Å². The molecule has 0 spiro atoms. The van der Waals surface area contributed by atoms with Crippen molar-refractivity contribution in [2.45, 2.75) is 59.0 Å². The van der Waals surface area contributed by atoms with Gasteiger partial charge in [0.2, 0.25) is 5.91 Å². The summed E-state index contributed by atoms with van der Waals surface area (Å²) < 4.78 is 10.5. The molecule has 0 aromatic heterocycles. The Morgan fingerprint density at radius 3 is 2.13 bits per heavy atom. The molecule has 0 saturated heterocycles. The Bertz CT molecular complexity index is 668. The van der Waals surface area contributed by atoms with E-state index >= 15 is 0 Å². The highest BCUT2D eigenvalue weighted by Gasteiger charge is 2.15. The molecule has 0 heterocycles. The molecular weight excluding hydrogens is 386 g/mol. The van der Waals surface area contributed by atoms with E-state index in [1.165, 1.54) is 5.56 Å². The van der Waals surface area contributed by atoms with E-state index < -0.39 is 11.7 Å². The highest BCUT2D eigenvalue weighted by atomic mass is 16.6. The maximum absolute atomic E-state index is 11.8. The van der Waals surface area contributed by atoms with Crippen molar-refractivity contribution in [3.63, 3.8) is 0 Å². The number of aryl methyl sites for hydroxylation is 1. The number of carbonyl (C=O) groups excluding carboxylic acids is 3. The molecule has 1 aromatic rings. The van der Waals surface area contributed by atoms with Crippen LogP contribution in [0, 0.1) is 0 Å². The van der Waals surface area contributed by atoms with Crippen molar-refractivity contribution < 1.29 is 23.9 Å². The molecule has 30 heavy (non-hydrogen) atoms. The molecule has 1 rings (SSSR count). The van der Waals surface area contributed by atoms with Gasteiger partial charge in [0.05, 0.1) is 0 Å². The van der Waals surface area contributed by atoms with E-state index in [0.717, 1.165) is 12.8 Å². The second kappa shape index (κ2) is 13.5. The summed E-state index contributed by atoms with van der Waals surface area (Å²) in [5, 5.41) is 8.02. The number of hydrogen-bond acceptors (Lipinski definition) is 5. The molecule has 8 nitrogen and oxygen atoms in total. The molecule has 3 amide bonds. The molecule has 0 fully saturated rings. The molecule has 0 saturated carbocycles. The number of hydrogen-bond donors (Lipinski definition) is 3. The average molecular weight is 422 g/mol. The van der Waals surface area contributed by atoms with Crippen LogP contribution in [0.25, 0.3) is 0 Å². The van der Waals surface area contributed by atoms with E-state index in [1.807, 2.05) is 24.3 Å². The largest absolute Gasteiger partial charge is 0.484 e. The Hall–Kier alpha value is -2.77. The molecule has 0 radical (unpaired) electrons. The molecule has 1 aromatic carbocycles. The zero-order chi connectivity index (χ0) is 22.4. The fraction of sp³-hybridized carbons (Fsp3) is 0.591. The quantitative estimate of drug-likeness (QED) is 0.450. The van der Waals surface area contributed by atoms with E-state index in [-0.39, 0.29) is 31.4 Å². The topological polar surface area (TPSA) is 106 Å². The predicted octanol–water partition coefficient (Wildman–Crippen LogP) is 2.56. The normalized spacial score (nSPS) is 10.8. The average Bonchev–Trinajstić information content (AvgIpc) is 2.66. The SMILES string of the molecule is CCCc1ccc(OCC(=O)NCCCNC(=O)CCNC(=O)OC(C)(C)C)cc1. The number of amides is 3. The molecule has 3 N–H and O–H groups in total. The van der Waals surface area contributed by atoms with Crippen molar-refractivity contribution in [2.24, 2.45) is 0 Å². The van der Waals surface area contributed by atoms with Crippen LogP contribution in [0.1, 0.15) is 52.5 Å². The first-order valence-corrected chi connectivity index (χ1v) is 10.4. The summed E-state index contributed by atoms with van der Waals surface area (Å²) in [6, 6.07) is 7.74. The van der Waals surface area contributed by atoms with Gasteiger partial charge in [-0.25, -0.2) is 4.79 Å². The van der Waals surface area contributed by atoms with E-state index in [1.54, 1.807) is 20.8 Å². The predicted molar refractivity (Wildman–Crippen MR) is 115 cm³/mol. The van der Waals surface area contributed by atoms with Gasteiger partial charge < -0.3 is 25.4 Å². The lowest BCUT2D eigenvalue weighted by Gasteiger charge is -2.19. The third-order valence-electron chi connectivity index (χ3n) is 3.85. The Morgan fingerprint density at radius 2 is 1.53 bits per heavy atom. The van der Waals surface area contributed by atoms with Gasteiger partial charge in [-0.1, -0.05) is 25.5 Å². The number of nitrogens with one attached hydrogen (secondary N) is 3. The zero-order valence-corrected chi connectivity index (χ0v) is 18.5. The molecular formula is C22H35N3O5. The zero-order valence-electron chi connectivity index (χ0n) is 18.5. The highest BCUT2D eigenvalue weighted by Crippen LogP contribution is 2.13. The van der Waals surface area contributed by atoms with Crippen LogP contribution in [-0.4, -0.2) is 49.7 Å². The van der Waals surface area contributed by atoms with E-state index in [4.69, 9.17) is 9.47 Å². The van der Waals surface area contributed by atoms with Crippen LogP contribution in [-0.2, 0) is 20.7 Å². The first-order chi connectivity index (χ1) is 14.2. The summed E-state index contributed by atoms with van der Waals surface area (Å²) in [5.74, 6) is 0.282. The van der Waals surface area contributed by atoms with Crippen molar-refractivity contribution in [3.8, 4) is 5.75 Å². The number of benzene rings is 1. The molecule has 0 bridgehead atoms. The van der Waals surface area contributed by atoms with Crippen LogP contribution in [0.3, 0.4) is 0 Å². The van der Waals surface area contributed by atoms with Crippen LogP contribution < -0.4 is 20.7 Å². The van der Waals surface area contributed by atoms with E-state index in [9.17, 15) is 14.4 Å². The molecule has 0 aliphatic rings. The van der Waals surface area contributed by atoms with Gasteiger partial charge in [-0.05, 0) is 51.3 Å². The second-order valence-corrected chi connectivity index (χ2v) is 7.91. The van der Waals surface area contributed by atoms with Gasteiger partial charge in [0, 0.05) is 26.1 Å². The summed E-state index contributed by atoms with van der Waals surface area (Å²) in [6.45, 7) is 8.48. The van der Waals surface area contributed by atoms with Gasteiger partial charge in [0.15, 0.2) is 6.61 Å². The van der Waals surface area contributed by atoms with E-state index in [0.29, 0.717) is 25.3 Å². The standard InChI is InChI=1S/C22H35N3O5/c1-5-7-17-8-10-18(11-9-17)29-16-20(27)24-14-6-13-23-19(26)12-15-25-21(28)30-22(2,3)4/h8-11H,5-7,12-16H2,1-4H3,(H,23,26)(H,24,27)(H,25,28). The summed E-state index contributed by atoms with van der Waals surface area (Å²) >= 11 is 0. The third kappa shape index (κ3) is 12.6. The monoisotopic (exact) mass is 421 g/mol. The second-order valence-electron chi connectivity index (χ2n) is 7.91. The number of ether oxygens (including phenoxy) is 2. The first kappa shape index (κ1) is 25.3. The van der Waals surface area contributed by atoms with Gasteiger partial charge in [-0.3, -0.25) is 9.59 Å². The fourth-order valence-electron chi connectivity index (χ4n) is 2.47. The van der Waals surface area contributed by atoms with Crippen LogP contribution in [0.2, 0.25) is 0 Å². The summed E-state index contributed by atoms with van der Waals surface area (Å²) in [4.78, 5) is 35.0. The smallest absolute Gasteiger partial charge is 0.407 e. The lowest BCUT2D eigenvalue weighted by molar-refractivity contribution is -0.123. The third-order valence-corrected chi connectivity index (χ3v) is 3.85. The Kier molecular flexibility index (Phi) is 11.3. The van der Waals surface area contributed by atoms with Gasteiger partial charge >= 0.3 is 6.09 Å². The lowest BCUT2D eigenvalue weighted by Crippen LogP contribution is -2.36. The molecule has 0 unspecified atom stereocenters. The van der Waals surface area contributed by atoms with Crippen molar-refractivity contribution in [1.29, 1.82) is 0 Å². The Labute approximate surface area is 179 Å². The first-order valence-electron chi connectivity index (χ1n) is 10.4. The Balaban J connectivity index is 2.05. The summed E-state index contributed by atoms with van der Waals surface area (Å²) in [6.07, 6.45) is 2.33. The van der Waals surface area contributed by atoms with Crippen molar-refractivity contribution in [2.75, 3.05) is 26.2 Å². The van der Waals surface area contributed by atoms with Crippen LogP contribution in [0.4, 0.5) is 4.79 Å². The number of rotatable bonds is 12. The highest BCUT2D eigenvalue weighted by molar-refractivity contribution is 5.78. The summed E-state index contributed by atoms with van der Waals surface area (Å²) in [7, 11) is 0. The van der Waals surface area contributed by atoms with Crippen LogP contribution in [0.15, 0.2) is 24.3 Å². The lowest BCUT2D eigenvalue weighted by atomic mass is 10.1. The van der Waals surface area contributed by atoms with Gasteiger partial charge in [-0.2, -0.15) is 0 Å². The van der Waals surface area contributed by atoms with Crippen LogP contribution in [0.5, 0.6) is 5.75 Å². The van der Waals surface area contributed by atoms with Gasteiger partial charge in [-0.15, -0.1) is 0 Å². The molecule has 8 heteroatoms.